The molecule has 1 heterocycles. The molecule has 1 saturated heterocycles. The molecule has 2 aromatic rings. The van der Waals surface area contributed by atoms with Crippen molar-refractivity contribution in [2.24, 2.45) is 0 Å². The normalized spacial score (nSPS) is 16.0. The second kappa shape index (κ2) is 9.42. The number of halogens is 2. The molecular weight excluding hydrogens is 387 g/mol. The number of carbonyl (C=O) groups is 1. The van der Waals surface area contributed by atoms with E-state index in [1.165, 1.54) is 0 Å². The molecule has 0 saturated carbocycles. The van der Waals surface area contributed by atoms with Crippen LogP contribution in [0.2, 0.25) is 10.0 Å². The molecule has 3 rings (SSSR count). The average molecular weight is 409 g/mol. The lowest BCUT2D eigenvalue weighted by molar-refractivity contribution is -0.128. The first-order valence-corrected chi connectivity index (χ1v) is 9.51. The first kappa shape index (κ1) is 20.0. The molecule has 1 fully saturated rings. The quantitative estimate of drug-likeness (QED) is 0.791. The summed E-state index contributed by atoms with van der Waals surface area (Å²) in [6.07, 6.45) is 0. The van der Waals surface area contributed by atoms with Crippen molar-refractivity contribution in [3.05, 3.63) is 63.6 Å². The van der Waals surface area contributed by atoms with E-state index in [4.69, 9.17) is 32.7 Å². The standard InChI is InChI=1S/C20H22Cl2N2O3/c1-26-16-4-2-3-14(11-16)13-23-20(25)19(24-7-9-27-10-8-24)17-6-5-15(21)12-18(17)22/h2-6,11-12,19H,7-10,13H2,1H3,(H,23,25)/t19-/m1/s1. The molecular formula is C20H22Cl2N2O3. The number of methoxy groups -OCH3 is 1. The van der Waals surface area contributed by atoms with E-state index in [1.807, 2.05) is 30.3 Å². The van der Waals surface area contributed by atoms with Crippen molar-refractivity contribution in [3.8, 4) is 5.75 Å². The first-order chi connectivity index (χ1) is 13.1. The predicted octanol–water partition coefficient (Wildman–Crippen LogP) is 3.69. The number of nitrogens with one attached hydrogen (secondary N) is 1. The van der Waals surface area contributed by atoms with Crippen molar-refractivity contribution in [1.82, 2.24) is 10.2 Å². The Morgan fingerprint density at radius 1 is 1.22 bits per heavy atom. The Labute approximate surface area is 169 Å². The van der Waals surface area contributed by atoms with Crippen molar-refractivity contribution >= 4 is 29.1 Å². The Hall–Kier alpha value is -1.79. The van der Waals surface area contributed by atoms with E-state index in [9.17, 15) is 4.79 Å². The van der Waals surface area contributed by atoms with Crippen molar-refractivity contribution in [2.45, 2.75) is 12.6 Å². The summed E-state index contributed by atoms with van der Waals surface area (Å²) >= 11 is 12.4. The monoisotopic (exact) mass is 408 g/mol. The number of ether oxygens (including phenoxy) is 2. The topological polar surface area (TPSA) is 50.8 Å². The maximum atomic E-state index is 13.1. The smallest absolute Gasteiger partial charge is 0.242 e. The van der Waals surface area contributed by atoms with Crippen LogP contribution in [0.25, 0.3) is 0 Å². The van der Waals surface area contributed by atoms with E-state index < -0.39 is 6.04 Å². The summed E-state index contributed by atoms with van der Waals surface area (Å²) in [5, 5.41) is 4.04. The van der Waals surface area contributed by atoms with E-state index in [1.54, 1.807) is 19.2 Å². The maximum Gasteiger partial charge on any atom is 0.242 e. The lowest BCUT2D eigenvalue weighted by Gasteiger charge is -2.34. The molecule has 1 aliphatic rings. The van der Waals surface area contributed by atoms with Gasteiger partial charge in [0.2, 0.25) is 5.91 Å². The van der Waals surface area contributed by atoms with Crippen molar-refractivity contribution in [2.75, 3.05) is 33.4 Å². The Bertz CT molecular complexity index is 795. The summed E-state index contributed by atoms with van der Waals surface area (Å²) in [6.45, 7) is 2.91. The Morgan fingerprint density at radius 3 is 2.70 bits per heavy atom. The summed E-state index contributed by atoms with van der Waals surface area (Å²) < 4.78 is 10.7. The number of rotatable bonds is 6. The van der Waals surface area contributed by atoms with Gasteiger partial charge >= 0.3 is 0 Å². The van der Waals surface area contributed by atoms with Crippen LogP contribution in [0.3, 0.4) is 0 Å². The molecule has 0 unspecified atom stereocenters. The van der Waals surface area contributed by atoms with Gasteiger partial charge in [-0.15, -0.1) is 0 Å². The molecule has 27 heavy (non-hydrogen) atoms. The van der Waals surface area contributed by atoms with Crippen LogP contribution >= 0.6 is 23.2 Å². The number of morpholine rings is 1. The van der Waals surface area contributed by atoms with Gasteiger partial charge in [-0.05, 0) is 35.4 Å². The molecule has 0 spiro atoms. The Balaban J connectivity index is 1.79. The minimum atomic E-state index is -0.496. The third kappa shape index (κ3) is 5.14. The van der Waals surface area contributed by atoms with Crippen LogP contribution in [0.5, 0.6) is 5.75 Å². The van der Waals surface area contributed by atoms with Crippen molar-refractivity contribution in [3.63, 3.8) is 0 Å². The van der Waals surface area contributed by atoms with Crippen LogP contribution in [0, 0.1) is 0 Å². The molecule has 5 nitrogen and oxygen atoms in total. The van der Waals surface area contributed by atoms with Crippen LogP contribution in [0.4, 0.5) is 0 Å². The zero-order valence-corrected chi connectivity index (χ0v) is 16.6. The highest BCUT2D eigenvalue weighted by Gasteiger charge is 2.30. The zero-order chi connectivity index (χ0) is 19.2. The van der Waals surface area contributed by atoms with Gasteiger partial charge in [0.15, 0.2) is 0 Å². The highest BCUT2D eigenvalue weighted by Crippen LogP contribution is 2.31. The highest BCUT2D eigenvalue weighted by atomic mass is 35.5. The number of amides is 1. The minimum Gasteiger partial charge on any atom is -0.497 e. The molecule has 7 heteroatoms. The second-order valence-electron chi connectivity index (χ2n) is 6.29. The molecule has 1 N–H and O–H groups in total. The first-order valence-electron chi connectivity index (χ1n) is 8.76. The fraction of sp³-hybridized carbons (Fsp3) is 0.350. The van der Waals surface area contributed by atoms with Gasteiger partial charge in [-0.25, -0.2) is 0 Å². The van der Waals surface area contributed by atoms with Gasteiger partial charge in [-0.3, -0.25) is 9.69 Å². The molecule has 1 atom stereocenters. The minimum absolute atomic E-state index is 0.107. The van der Waals surface area contributed by atoms with E-state index in [0.717, 1.165) is 16.9 Å². The van der Waals surface area contributed by atoms with Crippen LogP contribution < -0.4 is 10.1 Å². The van der Waals surface area contributed by atoms with Gasteiger partial charge in [-0.2, -0.15) is 0 Å². The number of hydrogen-bond donors (Lipinski definition) is 1. The summed E-state index contributed by atoms with van der Waals surface area (Å²) in [7, 11) is 1.62. The Morgan fingerprint density at radius 2 is 2.00 bits per heavy atom. The number of carbonyl (C=O) groups excluding carboxylic acids is 1. The van der Waals surface area contributed by atoms with E-state index >= 15 is 0 Å². The molecule has 2 aromatic carbocycles. The second-order valence-corrected chi connectivity index (χ2v) is 7.13. The lowest BCUT2D eigenvalue weighted by Crippen LogP contribution is -2.45. The highest BCUT2D eigenvalue weighted by molar-refractivity contribution is 6.35. The van der Waals surface area contributed by atoms with Crippen LogP contribution in [0.15, 0.2) is 42.5 Å². The molecule has 1 amide bonds. The number of benzene rings is 2. The summed E-state index contributed by atoms with van der Waals surface area (Å²) in [5.41, 5.74) is 1.71. The van der Waals surface area contributed by atoms with Crippen molar-refractivity contribution in [1.29, 1.82) is 0 Å². The average Bonchev–Trinajstić information content (AvgIpc) is 2.69. The molecule has 0 bridgehead atoms. The number of nitrogens with zero attached hydrogens (tertiary/aromatic N) is 1. The maximum absolute atomic E-state index is 13.1. The molecule has 144 valence electrons. The van der Waals surface area contributed by atoms with Gasteiger partial charge in [0.1, 0.15) is 11.8 Å². The zero-order valence-electron chi connectivity index (χ0n) is 15.1. The third-order valence-electron chi connectivity index (χ3n) is 4.52. The van der Waals surface area contributed by atoms with Crippen LogP contribution in [0.1, 0.15) is 17.2 Å². The van der Waals surface area contributed by atoms with Gasteiger partial charge in [0, 0.05) is 29.7 Å². The summed E-state index contributed by atoms with van der Waals surface area (Å²) in [5.74, 6) is 0.649. The predicted molar refractivity (Wildman–Crippen MR) is 106 cm³/mol. The molecule has 0 aliphatic carbocycles. The molecule has 0 aromatic heterocycles. The van der Waals surface area contributed by atoms with Gasteiger partial charge in [0.05, 0.1) is 20.3 Å². The van der Waals surface area contributed by atoms with E-state index in [-0.39, 0.29) is 5.91 Å². The van der Waals surface area contributed by atoms with Gasteiger partial charge < -0.3 is 14.8 Å². The van der Waals surface area contributed by atoms with Gasteiger partial charge in [0.25, 0.3) is 0 Å². The SMILES string of the molecule is COc1cccc(CNC(=O)[C@@H](c2ccc(Cl)cc2Cl)N2CCOCC2)c1. The molecule has 0 radical (unpaired) electrons. The number of hydrogen-bond acceptors (Lipinski definition) is 4. The van der Waals surface area contributed by atoms with E-state index in [0.29, 0.717) is 42.9 Å². The Kier molecular flexibility index (Phi) is 6.96. The largest absolute Gasteiger partial charge is 0.497 e. The third-order valence-corrected chi connectivity index (χ3v) is 5.08. The van der Waals surface area contributed by atoms with Crippen LogP contribution in [-0.2, 0) is 16.1 Å². The summed E-state index contributed by atoms with van der Waals surface area (Å²) in [6, 6.07) is 12.4. The van der Waals surface area contributed by atoms with Crippen LogP contribution in [-0.4, -0.2) is 44.2 Å². The lowest BCUT2D eigenvalue weighted by atomic mass is 10.0. The fourth-order valence-electron chi connectivity index (χ4n) is 3.13. The fourth-order valence-corrected chi connectivity index (χ4v) is 3.64. The van der Waals surface area contributed by atoms with Crippen molar-refractivity contribution < 1.29 is 14.3 Å². The summed E-state index contributed by atoms with van der Waals surface area (Å²) in [4.78, 5) is 15.2. The van der Waals surface area contributed by atoms with Gasteiger partial charge in [-0.1, -0.05) is 41.4 Å². The van der Waals surface area contributed by atoms with E-state index in [2.05, 4.69) is 10.2 Å². The molecule has 1 aliphatic heterocycles.